The van der Waals surface area contributed by atoms with Crippen LogP contribution < -0.4 is 0 Å². The number of carbonyl (C=O) groups excluding carboxylic acids is 1. The van der Waals surface area contributed by atoms with Crippen LogP contribution in [0, 0.1) is 20.8 Å². The molecule has 2 aromatic carbocycles. The Kier molecular flexibility index (Phi) is 4.62. The highest BCUT2D eigenvalue weighted by molar-refractivity contribution is 6.09. The van der Waals surface area contributed by atoms with Crippen LogP contribution in [0.25, 0.3) is 0 Å². The Hall–Kier alpha value is -1.89. The first-order valence-corrected chi connectivity index (χ1v) is 7.66. The Morgan fingerprint density at radius 2 is 1.48 bits per heavy atom. The molecule has 2 rings (SSSR count). The van der Waals surface area contributed by atoms with Gasteiger partial charge in [0, 0.05) is 11.1 Å². The van der Waals surface area contributed by atoms with Gasteiger partial charge in [-0.15, -0.1) is 0 Å². The maximum Gasteiger partial charge on any atom is 0.193 e. The number of rotatable bonds is 4. The summed E-state index contributed by atoms with van der Waals surface area (Å²) in [4.78, 5) is 12.6. The van der Waals surface area contributed by atoms with Crippen molar-refractivity contribution in [3.63, 3.8) is 0 Å². The summed E-state index contributed by atoms with van der Waals surface area (Å²) < 4.78 is 0. The summed E-state index contributed by atoms with van der Waals surface area (Å²) in [5.41, 5.74) is 6.48. The molecular formula is C20H24O. The second-order valence-corrected chi connectivity index (χ2v) is 6.01. The fourth-order valence-electron chi connectivity index (χ4n) is 2.64. The van der Waals surface area contributed by atoms with E-state index in [1.54, 1.807) is 0 Å². The standard InChI is InChI=1S/C20H24O/c1-6-13(2)19-10-9-18(12-16(19)5)20(21)17-8-7-14(3)15(4)11-17/h7-13H,6H2,1-5H3. The number of hydrogen-bond acceptors (Lipinski definition) is 1. The smallest absolute Gasteiger partial charge is 0.193 e. The third-order valence-electron chi connectivity index (χ3n) is 4.44. The largest absolute Gasteiger partial charge is 0.289 e. The predicted molar refractivity (Wildman–Crippen MR) is 89.2 cm³/mol. The molecule has 0 saturated carbocycles. The van der Waals surface area contributed by atoms with Gasteiger partial charge in [0.25, 0.3) is 0 Å². The van der Waals surface area contributed by atoms with Crippen LogP contribution in [0.4, 0.5) is 0 Å². The minimum Gasteiger partial charge on any atom is -0.289 e. The molecule has 0 radical (unpaired) electrons. The molecule has 0 spiro atoms. The van der Waals surface area contributed by atoms with Crippen molar-refractivity contribution >= 4 is 5.78 Å². The van der Waals surface area contributed by atoms with Gasteiger partial charge in [-0.3, -0.25) is 4.79 Å². The van der Waals surface area contributed by atoms with Gasteiger partial charge >= 0.3 is 0 Å². The van der Waals surface area contributed by atoms with E-state index in [9.17, 15) is 4.79 Å². The van der Waals surface area contributed by atoms with Gasteiger partial charge in [-0.1, -0.05) is 38.1 Å². The zero-order valence-corrected chi connectivity index (χ0v) is 13.7. The van der Waals surface area contributed by atoms with Gasteiger partial charge in [0.1, 0.15) is 0 Å². The highest BCUT2D eigenvalue weighted by Crippen LogP contribution is 2.24. The summed E-state index contributed by atoms with van der Waals surface area (Å²) in [6, 6.07) is 12.0. The minimum atomic E-state index is 0.108. The average molecular weight is 280 g/mol. The molecule has 1 atom stereocenters. The van der Waals surface area contributed by atoms with Gasteiger partial charge in [0.05, 0.1) is 0 Å². The quantitative estimate of drug-likeness (QED) is 0.689. The van der Waals surface area contributed by atoms with Crippen molar-refractivity contribution in [2.75, 3.05) is 0 Å². The highest BCUT2D eigenvalue weighted by Gasteiger charge is 2.13. The second-order valence-electron chi connectivity index (χ2n) is 6.01. The Labute approximate surface area is 128 Å². The summed E-state index contributed by atoms with van der Waals surface area (Å²) in [5.74, 6) is 0.646. The predicted octanol–water partition coefficient (Wildman–Crippen LogP) is 5.36. The van der Waals surface area contributed by atoms with Crippen molar-refractivity contribution in [1.82, 2.24) is 0 Å². The molecule has 1 unspecified atom stereocenters. The van der Waals surface area contributed by atoms with Crippen LogP contribution in [-0.2, 0) is 0 Å². The third-order valence-corrected chi connectivity index (χ3v) is 4.44. The monoisotopic (exact) mass is 280 g/mol. The molecule has 0 aliphatic carbocycles. The lowest BCUT2D eigenvalue weighted by Gasteiger charge is -2.14. The van der Waals surface area contributed by atoms with Crippen LogP contribution in [0.2, 0.25) is 0 Å². The van der Waals surface area contributed by atoms with E-state index >= 15 is 0 Å². The zero-order chi connectivity index (χ0) is 15.6. The molecule has 2 aromatic rings. The summed E-state index contributed by atoms with van der Waals surface area (Å²) >= 11 is 0. The fraction of sp³-hybridized carbons (Fsp3) is 0.350. The van der Waals surface area contributed by atoms with E-state index in [0.717, 1.165) is 23.1 Å². The van der Waals surface area contributed by atoms with Crippen molar-refractivity contribution in [2.24, 2.45) is 0 Å². The van der Waals surface area contributed by atoms with Crippen molar-refractivity contribution in [1.29, 1.82) is 0 Å². The van der Waals surface area contributed by atoms with Crippen molar-refractivity contribution in [3.05, 3.63) is 69.8 Å². The first-order valence-electron chi connectivity index (χ1n) is 7.66. The Morgan fingerprint density at radius 1 is 0.905 bits per heavy atom. The lowest BCUT2D eigenvalue weighted by Crippen LogP contribution is -2.04. The van der Waals surface area contributed by atoms with Crippen LogP contribution >= 0.6 is 0 Å². The van der Waals surface area contributed by atoms with Crippen LogP contribution in [0.1, 0.15) is 64.4 Å². The van der Waals surface area contributed by atoms with Crippen molar-refractivity contribution < 1.29 is 4.79 Å². The zero-order valence-electron chi connectivity index (χ0n) is 13.7. The molecule has 21 heavy (non-hydrogen) atoms. The Balaban J connectivity index is 2.35. The van der Waals surface area contributed by atoms with E-state index in [0.29, 0.717) is 5.92 Å². The first kappa shape index (κ1) is 15.5. The summed E-state index contributed by atoms with van der Waals surface area (Å²) in [7, 11) is 0. The van der Waals surface area contributed by atoms with Gasteiger partial charge in [0.2, 0.25) is 0 Å². The number of carbonyl (C=O) groups is 1. The maximum atomic E-state index is 12.6. The molecule has 1 heteroatoms. The summed E-state index contributed by atoms with van der Waals surface area (Å²) in [6.45, 7) is 10.6. The van der Waals surface area contributed by atoms with E-state index < -0.39 is 0 Å². The topological polar surface area (TPSA) is 17.1 Å². The minimum absolute atomic E-state index is 0.108. The van der Waals surface area contributed by atoms with Gasteiger partial charge in [-0.25, -0.2) is 0 Å². The fourth-order valence-corrected chi connectivity index (χ4v) is 2.64. The lowest BCUT2D eigenvalue weighted by molar-refractivity contribution is 0.103. The molecule has 1 nitrogen and oxygen atoms in total. The van der Waals surface area contributed by atoms with E-state index in [1.165, 1.54) is 16.7 Å². The molecule has 0 aliphatic heterocycles. The van der Waals surface area contributed by atoms with Gasteiger partial charge in [-0.2, -0.15) is 0 Å². The van der Waals surface area contributed by atoms with Crippen LogP contribution in [0.5, 0.6) is 0 Å². The van der Waals surface area contributed by atoms with E-state index in [-0.39, 0.29) is 5.78 Å². The number of aryl methyl sites for hydroxylation is 3. The van der Waals surface area contributed by atoms with Gasteiger partial charge in [0.15, 0.2) is 5.78 Å². The van der Waals surface area contributed by atoms with Gasteiger partial charge in [-0.05, 0) is 67.5 Å². The number of ketones is 1. The van der Waals surface area contributed by atoms with Crippen LogP contribution in [0.3, 0.4) is 0 Å². The highest BCUT2D eigenvalue weighted by atomic mass is 16.1. The molecule has 0 aliphatic rings. The molecular weight excluding hydrogens is 256 g/mol. The average Bonchev–Trinajstić information content (AvgIpc) is 2.48. The van der Waals surface area contributed by atoms with Gasteiger partial charge < -0.3 is 0 Å². The third kappa shape index (κ3) is 3.24. The maximum absolute atomic E-state index is 12.6. The summed E-state index contributed by atoms with van der Waals surface area (Å²) in [6.07, 6.45) is 1.12. The molecule has 0 heterocycles. The molecule has 0 N–H and O–H groups in total. The molecule has 0 aromatic heterocycles. The normalized spacial score (nSPS) is 12.2. The first-order chi connectivity index (χ1) is 9.93. The van der Waals surface area contributed by atoms with Crippen molar-refractivity contribution in [3.8, 4) is 0 Å². The Morgan fingerprint density at radius 3 is 2.00 bits per heavy atom. The number of hydrogen-bond donors (Lipinski definition) is 0. The number of benzene rings is 2. The van der Waals surface area contributed by atoms with Crippen LogP contribution in [-0.4, -0.2) is 5.78 Å². The van der Waals surface area contributed by atoms with E-state index in [1.807, 2.05) is 37.3 Å². The van der Waals surface area contributed by atoms with Crippen molar-refractivity contribution in [2.45, 2.75) is 47.0 Å². The second kappa shape index (κ2) is 6.26. The summed E-state index contributed by atoms with van der Waals surface area (Å²) in [5, 5.41) is 0. The van der Waals surface area contributed by atoms with E-state index in [4.69, 9.17) is 0 Å². The Bertz CT molecular complexity index is 668. The molecule has 110 valence electrons. The molecule has 0 amide bonds. The molecule has 0 bridgehead atoms. The SMILES string of the molecule is CCC(C)c1ccc(C(=O)c2ccc(C)c(C)c2)cc1C. The lowest BCUT2D eigenvalue weighted by atomic mass is 9.91. The molecule has 0 fully saturated rings. The van der Waals surface area contributed by atoms with Crippen LogP contribution in [0.15, 0.2) is 36.4 Å². The molecule has 0 saturated heterocycles. The van der Waals surface area contributed by atoms with E-state index in [2.05, 4.69) is 33.8 Å².